The number of H-pyrrole nitrogens is 1. The molecule has 0 atom stereocenters. The summed E-state index contributed by atoms with van der Waals surface area (Å²) in [4.78, 5) is 43.4. The van der Waals surface area contributed by atoms with E-state index in [2.05, 4.69) is 4.98 Å². The lowest BCUT2D eigenvalue weighted by atomic mass is 10.2. The minimum absolute atomic E-state index is 0.0996. The maximum atomic E-state index is 12.7. The van der Waals surface area contributed by atoms with Gasteiger partial charge in [-0.25, -0.2) is 14.3 Å². The fraction of sp³-hybridized carbons (Fsp3) is 0.375. The van der Waals surface area contributed by atoms with E-state index < -0.39 is 23.1 Å². The van der Waals surface area contributed by atoms with Crippen molar-refractivity contribution in [1.29, 1.82) is 0 Å². The van der Waals surface area contributed by atoms with Crippen LogP contribution < -0.4 is 20.9 Å². The molecule has 2 aromatic heterocycles. The third kappa shape index (κ3) is 3.57. The highest BCUT2D eigenvalue weighted by molar-refractivity contribution is 5.96. The van der Waals surface area contributed by atoms with Crippen molar-refractivity contribution in [3.05, 3.63) is 44.7 Å². The molecule has 0 saturated carbocycles. The Hall–Kier alpha value is -3.11. The van der Waals surface area contributed by atoms with Gasteiger partial charge in [-0.2, -0.15) is 13.2 Å². The largest absolute Gasteiger partial charge is 0.480 e. The van der Waals surface area contributed by atoms with E-state index in [1.54, 1.807) is 4.98 Å². The molecule has 3 rings (SSSR count). The van der Waals surface area contributed by atoms with Crippen LogP contribution in [0.4, 0.5) is 19.0 Å². The highest BCUT2D eigenvalue weighted by atomic mass is 19.4. The number of alkyl halides is 3. The van der Waals surface area contributed by atoms with Gasteiger partial charge >= 0.3 is 11.9 Å². The smallest absolute Gasteiger partial charge is 0.431 e. The van der Waals surface area contributed by atoms with E-state index in [-0.39, 0.29) is 41.9 Å². The summed E-state index contributed by atoms with van der Waals surface area (Å²) in [7, 11) is 0. The average Bonchev–Trinajstić information content (AvgIpc) is 2.56. The summed E-state index contributed by atoms with van der Waals surface area (Å²) in [6.07, 6.45) is -4.87. The summed E-state index contributed by atoms with van der Waals surface area (Å²) in [5, 5.41) is 0. The first-order valence-corrected chi connectivity index (χ1v) is 7.96. The van der Waals surface area contributed by atoms with Gasteiger partial charge in [0.25, 0.3) is 11.5 Å². The lowest BCUT2D eigenvalue weighted by Gasteiger charge is -2.29. The van der Waals surface area contributed by atoms with Crippen molar-refractivity contribution >= 4 is 11.7 Å². The van der Waals surface area contributed by atoms with Crippen LogP contribution in [0.15, 0.2) is 27.8 Å². The molecule has 11 heteroatoms. The number of hydrogen-bond acceptors (Lipinski definition) is 5. The highest BCUT2D eigenvalue weighted by Gasteiger charge is 2.33. The Bertz CT molecular complexity index is 979. The Morgan fingerprint density at radius 1 is 1.26 bits per heavy atom. The number of ether oxygens (including phenoxy) is 1. The van der Waals surface area contributed by atoms with E-state index in [0.29, 0.717) is 11.1 Å². The Balaban J connectivity index is 2.13. The predicted molar refractivity (Wildman–Crippen MR) is 88.1 cm³/mol. The SMILES string of the molecule is CC(C)CN1C(=O)COc2ccc(-n3c(=O)cc(C(F)(F)F)[nH]c3=O)nc21. The van der Waals surface area contributed by atoms with Crippen molar-refractivity contribution in [2.75, 3.05) is 18.1 Å². The Labute approximate surface area is 150 Å². The molecule has 1 aliphatic heterocycles. The maximum Gasteiger partial charge on any atom is 0.431 e. The van der Waals surface area contributed by atoms with Gasteiger partial charge in [-0.3, -0.25) is 14.5 Å². The lowest BCUT2D eigenvalue weighted by molar-refractivity contribution is -0.141. The number of aromatic amines is 1. The third-order valence-electron chi connectivity index (χ3n) is 3.75. The van der Waals surface area contributed by atoms with Gasteiger partial charge in [-0.15, -0.1) is 0 Å². The summed E-state index contributed by atoms with van der Waals surface area (Å²) in [5.74, 6) is -0.100. The number of anilines is 1. The summed E-state index contributed by atoms with van der Waals surface area (Å²) >= 11 is 0. The van der Waals surface area contributed by atoms with Crippen molar-refractivity contribution in [3.8, 4) is 11.6 Å². The fourth-order valence-corrected chi connectivity index (χ4v) is 2.61. The second-order valence-corrected chi connectivity index (χ2v) is 6.34. The summed E-state index contributed by atoms with van der Waals surface area (Å²) in [6.45, 7) is 3.92. The number of carbonyl (C=O) groups excluding carboxylic acids is 1. The van der Waals surface area contributed by atoms with Crippen molar-refractivity contribution < 1.29 is 22.7 Å². The molecule has 0 fully saturated rings. The summed E-state index contributed by atoms with van der Waals surface area (Å²) in [6, 6.07) is 2.93. The second-order valence-electron chi connectivity index (χ2n) is 6.34. The van der Waals surface area contributed by atoms with E-state index in [0.717, 1.165) is 0 Å². The van der Waals surface area contributed by atoms with E-state index in [1.807, 2.05) is 13.8 Å². The molecule has 144 valence electrons. The molecule has 0 radical (unpaired) electrons. The Morgan fingerprint density at radius 3 is 2.56 bits per heavy atom. The molecular formula is C16H15F3N4O4. The molecule has 3 heterocycles. The molecule has 0 aliphatic carbocycles. The molecular weight excluding hydrogens is 369 g/mol. The number of nitrogens with one attached hydrogen (secondary N) is 1. The summed E-state index contributed by atoms with van der Waals surface area (Å²) in [5.41, 5.74) is -3.94. The van der Waals surface area contributed by atoms with E-state index >= 15 is 0 Å². The standard InChI is InChI=1S/C16H15F3N4O4/c1-8(2)6-22-13(25)7-27-9-3-4-11(21-14(9)22)23-12(24)5-10(16(17,18)19)20-15(23)26/h3-5,8H,6-7H2,1-2H3,(H,20,26). The van der Waals surface area contributed by atoms with Crippen LogP contribution in [-0.4, -0.2) is 33.6 Å². The molecule has 27 heavy (non-hydrogen) atoms. The number of aromatic nitrogens is 3. The topological polar surface area (TPSA) is 97.3 Å². The number of rotatable bonds is 3. The van der Waals surface area contributed by atoms with Crippen molar-refractivity contribution in [2.24, 2.45) is 5.92 Å². The molecule has 1 aliphatic rings. The zero-order valence-corrected chi connectivity index (χ0v) is 14.3. The Kier molecular flexibility index (Phi) is 4.54. The van der Waals surface area contributed by atoms with Crippen molar-refractivity contribution in [3.63, 3.8) is 0 Å². The molecule has 2 aromatic rings. The van der Waals surface area contributed by atoms with E-state index in [4.69, 9.17) is 4.74 Å². The molecule has 0 saturated heterocycles. The Morgan fingerprint density at radius 2 is 1.96 bits per heavy atom. The number of hydrogen-bond donors (Lipinski definition) is 1. The molecule has 1 amide bonds. The number of halogens is 3. The first-order valence-electron chi connectivity index (χ1n) is 7.96. The van der Waals surface area contributed by atoms with Crippen LogP contribution in [0, 0.1) is 5.92 Å². The molecule has 0 aromatic carbocycles. The van der Waals surface area contributed by atoms with Crippen LogP contribution in [0.2, 0.25) is 0 Å². The monoisotopic (exact) mass is 384 g/mol. The van der Waals surface area contributed by atoms with E-state index in [1.165, 1.54) is 17.0 Å². The van der Waals surface area contributed by atoms with Gasteiger partial charge in [-0.1, -0.05) is 13.8 Å². The van der Waals surface area contributed by atoms with Gasteiger partial charge in [0.1, 0.15) is 11.5 Å². The lowest BCUT2D eigenvalue weighted by Crippen LogP contribution is -2.42. The average molecular weight is 384 g/mol. The van der Waals surface area contributed by atoms with Crippen LogP contribution in [0.5, 0.6) is 5.75 Å². The quantitative estimate of drug-likeness (QED) is 0.861. The van der Waals surface area contributed by atoms with Crippen LogP contribution in [-0.2, 0) is 11.0 Å². The van der Waals surface area contributed by atoms with Crippen molar-refractivity contribution in [1.82, 2.24) is 14.5 Å². The van der Waals surface area contributed by atoms with Crippen LogP contribution in [0.1, 0.15) is 19.5 Å². The second kappa shape index (κ2) is 6.56. The number of pyridine rings is 1. The number of fused-ring (bicyclic) bond motifs is 1. The van der Waals surface area contributed by atoms with E-state index in [9.17, 15) is 27.6 Å². The zero-order chi connectivity index (χ0) is 19.9. The fourth-order valence-electron chi connectivity index (χ4n) is 2.61. The predicted octanol–water partition coefficient (Wildman–Crippen LogP) is 1.32. The highest BCUT2D eigenvalue weighted by Crippen LogP contribution is 2.31. The van der Waals surface area contributed by atoms with Gasteiger partial charge < -0.3 is 9.72 Å². The van der Waals surface area contributed by atoms with Gasteiger partial charge in [0.2, 0.25) is 0 Å². The molecule has 8 nitrogen and oxygen atoms in total. The summed E-state index contributed by atoms with van der Waals surface area (Å²) < 4.78 is 43.9. The van der Waals surface area contributed by atoms with Gasteiger partial charge in [0.05, 0.1) is 0 Å². The van der Waals surface area contributed by atoms with Gasteiger partial charge in [-0.05, 0) is 18.1 Å². The third-order valence-corrected chi connectivity index (χ3v) is 3.75. The molecule has 1 N–H and O–H groups in total. The van der Waals surface area contributed by atoms with Crippen LogP contribution in [0.25, 0.3) is 5.82 Å². The molecule has 0 spiro atoms. The van der Waals surface area contributed by atoms with Crippen molar-refractivity contribution in [2.45, 2.75) is 20.0 Å². The van der Waals surface area contributed by atoms with Gasteiger partial charge in [0, 0.05) is 12.6 Å². The minimum atomic E-state index is -4.87. The number of nitrogens with zero attached hydrogens (tertiary/aromatic N) is 3. The molecule has 0 unspecified atom stereocenters. The normalized spacial score (nSPS) is 14.3. The minimum Gasteiger partial charge on any atom is -0.480 e. The first kappa shape index (κ1) is 18.7. The van der Waals surface area contributed by atoms with Crippen LogP contribution >= 0.6 is 0 Å². The maximum absolute atomic E-state index is 12.7. The van der Waals surface area contributed by atoms with Gasteiger partial charge in [0.15, 0.2) is 18.2 Å². The zero-order valence-electron chi connectivity index (χ0n) is 14.3. The van der Waals surface area contributed by atoms with Crippen LogP contribution in [0.3, 0.4) is 0 Å². The number of carbonyl (C=O) groups is 1. The number of amides is 1. The molecule has 0 bridgehead atoms. The first-order chi connectivity index (χ1) is 12.6.